The molecule has 1 aromatic heterocycles. The average molecular weight is 316 g/mol. The van der Waals surface area contributed by atoms with E-state index in [1.165, 1.54) is 31.2 Å². The van der Waals surface area contributed by atoms with Gasteiger partial charge in [0.2, 0.25) is 0 Å². The van der Waals surface area contributed by atoms with Crippen LogP contribution in [0.1, 0.15) is 31.2 Å². The molecule has 0 spiro atoms. The van der Waals surface area contributed by atoms with Gasteiger partial charge in [-0.25, -0.2) is 0 Å². The summed E-state index contributed by atoms with van der Waals surface area (Å²) in [5.41, 5.74) is 2.31. The molecular formula is C18H22ClN3. The number of hydrogen-bond donors (Lipinski definition) is 1. The molecule has 0 amide bonds. The smallest absolute Gasteiger partial charge is 0.0761 e. The zero-order valence-electron chi connectivity index (χ0n) is 12.9. The Balaban J connectivity index is 1.57. The highest BCUT2D eigenvalue weighted by molar-refractivity contribution is 6.35. The Morgan fingerprint density at radius 1 is 1.23 bits per heavy atom. The largest absolute Gasteiger partial charge is 0.311 e. The maximum atomic E-state index is 6.30. The molecule has 4 heteroatoms. The maximum absolute atomic E-state index is 6.30. The van der Waals surface area contributed by atoms with Gasteiger partial charge < -0.3 is 5.32 Å². The minimum atomic E-state index is 0.674. The number of aromatic nitrogens is 1. The zero-order chi connectivity index (χ0) is 15.1. The van der Waals surface area contributed by atoms with Crippen LogP contribution < -0.4 is 5.32 Å². The molecule has 1 N–H and O–H groups in total. The van der Waals surface area contributed by atoms with Crippen LogP contribution in [0, 0.1) is 0 Å². The lowest BCUT2D eigenvalue weighted by Crippen LogP contribution is -2.46. The number of hydrogen-bond acceptors (Lipinski definition) is 3. The van der Waals surface area contributed by atoms with E-state index in [9.17, 15) is 0 Å². The van der Waals surface area contributed by atoms with Crippen LogP contribution in [0.5, 0.6) is 0 Å². The number of fused-ring (bicyclic) bond motifs is 3. The second-order valence-corrected chi connectivity index (χ2v) is 7.19. The van der Waals surface area contributed by atoms with Gasteiger partial charge >= 0.3 is 0 Å². The third-order valence-corrected chi connectivity index (χ3v) is 5.62. The molecule has 1 aromatic carbocycles. The second kappa shape index (κ2) is 5.80. The molecule has 2 atom stereocenters. The standard InChI is InChI=1S/C18H22ClN3/c1-22(15-9-13-5-6-14(10-15)21-13)11-12-4-7-17(19)16-3-2-8-20-18(12)16/h2-4,7-8,13-15,21H,5-6,9-11H2,1H3. The van der Waals surface area contributed by atoms with Crippen molar-refractivity contribution in [2.75, 3.05) is 7.05 Å². The summed E-state index contributed by atoms with van der Waals surface area (Å²) in [5, 5.41) is 5.56. The van der Waals surface area contributed by atoms with Crippen molar-refractivity contribution in [1.82, 2.24) is 15.2 Å². The molecule has 22 heavy (non-hydrogen) atoms. The average Bonchev–Trinajstić information content (AvgIpc) is 2.88. The van der Waals surface area contributed by atoms with Gasteiger partial charge in [-0.2, -0.15) is 0 Å². The molecule has 4 rings (SSSR count). The first-order chi connectivity index (χ1) is 10.7. The molecule has 2 aromatic rings. The van der Waals surface area contributed by atoms with E-state index in [1.807, 2.05) is 18.3 Å². The summed E-state index contributed by atoms with van der Waals surface area (Å²) in [6.07, 6.45) is 7.09. The summed E-state index contributed by atoms with van der Waals surface area (Å²) in [7, 11) is 2.25. The molecular weight excluding hydrogens is 294 g/mol. The molecule has 3 heterocycles. The predicted molar refractivity (Wildman–Crippen MR) is 91.2 cm³/mol. The quantitative estimate of drug-likeness (QED) is 0.938. The predicted octanol–water partition coefficient (Wildman–Crippen LogP) is 3.60. The van der Waals surface area contributed by atoms with Crippen molar-refractivity contribution in [3.8, 4) is 0 Å². The van der Waals surface area contributed by atoms with Crippen molar-refractivity contribution < 1.29 is 0 Å². The lowest BCUT2D eigenvalue weighted by atomic mass is 9.98. The summed E-state index contributed by atoms with van der Waals surface area (Å²) in [5.74, 6) is 0. The molecule has 2 fully saturated rings. The van der Waals surface area contributed by atoms with Crippen molar-refractivity contribution in [2.24, 2.45) is 0 Å². The van der Waals surface area contributed by atoms with Crippen LogP contribution in [0.15, 0.2) is 30.5 Å². The Morgan fingerprint density at radius 3 is 2.77 bits per heavy atom. The summed E-state index contributed by atoms with van der Waals surface area (Å²) in [4.78, 5) is 7.06. The number of nitrogens with one attached hydrogen (secondary N) is 1. The van der Waals surface area contributed by atoms with Crippen molar-refractivity contribution in [1.29, 1.82) is 0 Å². The van der Waals surface area contributed by atoms with Crippen LogP contribution in [0.4, 0.5) is 0 Å². The minimum absolute atomic E-state index is 0.674. The third-order valence-electron chi connectivity index (χ3n) is 5.29. The van der Waals surface area contributed by atoms with Crippen LogP contribution in [0.3, 0.4) is 0 Å². The van der Waals surface area contributed by atoms with Gasteiger partial charge in [0.1, 0.15) is 0 Å². The van der Waals surface area contributed by atoms with Crippen molar-refractivity contribution in [3.05, 3.63) is 41.0 Å². The highest BCUT2D eigenvalue weighted by Gasteiger charge is 2.35. The van der Waals surface area contributed by atoms with Crippen molar-refractivity contribution in [2.45, 2.75) is 50.4 Å². The van der Waals surface area contributed by atoms with Crippen LogP contribution in [-0.2, 0) is 6.54 Å². The number of benzene rings is 1. The summed E-state index contributed by atoms with van der Waals surface area (Å²) < 4.78 is 0. The van der Waals surface area contributed by atoms with E-state index in [1.54, 1.807) is 0 Å². The normalized spacial score (nSPS) is 27.7. The lowest BCUT2D eigenvalue weighted by Gasteiger charge is -2.35. The summed E-state index contributed by atoms with van der Waals surface area (Å²) in [6.45, 7) is 0.939. The number of rotatable bonds is 3. The fourth-order valence-electron chi connectivity index (χ4n) is 4.11. The third kappa shape index (κ3) is 2.62. The van der Waals surface area contributed by atoms with E-state index in [4.69, 9.17) is 11.6 Å². The maximum Gasteiger partial charge on any atom is 0.0761 e. The Morgan fingerprint density at radius 2 is 2.00 bits per heavy atom. The molecule has 0 saturated carbocycles. The van der Waals surface area contributed by atoms with Gasteiger partial charge in [0, 0.05) is 41.3 Å². The Bertz CT molecular complexity index is 675. The molecule has 2 saturated heterocycles. The fraction of sp³-hybridized carbons (Fsp3) is 0.500. The number of pyridine rings is 1. The van der Waals surface area contributed by atoms with E-state index in [0.29, 0.717) is 6.04 Å². The van der Waals surface area contributed by atoms with Crippen LogP contribution >= 0.6 is 11.6 Å². The summed E-state index contributed by atoms with van der Waals surface area (Å²) in [6, 6.07) is 10.3. The molecule has 116 valence electrons. The zero-order valence-corrected chi connectivity index (χ0v) is 13.7. The van der Waals surface area contributed by atoms with E-state index < -0.39 is 0 Å². The van der Waals surface area contributed by atoms with Gasteiger partial charge in [-0.05, 0) is 56.5 Å². The minimum Gasteiger partial charge on any atom is -0.311 e. The lowest BCUT2D eigenvalue weighted by molar-refractivity contribution is 0.166. The number of halogens is 1. The molecule has 2 aliphatic rings. The molecule has 0 aliphatic carbocycles. The first-order valence-corrected chi connectivity index (χ1v) is 8.57. The fourth-order valence-corrected chi connectivity index (χ4v) is 4.32. The Kier molecular flexibility index (Phi) is 3.81. The monoisotopic (exact) mass is 315 g/mol. The van der Waals surface area contributed by atoms with Crippen molar-refractivity contribution >= 4 is 22.5 Å². The molecule has 2 bridgehead atoms. The van der Waals surface area contributed by atoms with Crippen LogP contribution in [-0.4, -0.2) is 35.1 Å². The molecule has 0 radical (unpaired) electrons. The van der Waals surface area contributed by atoms with Gasteiger partial charge in [0.25, 0.3) is 0 Å². The molecule has 2 unspecified atom stereocenters. The van der Waals surface area contributed by atoms with Gasteiger partial charge in [0.15, 0.2) is 0 Å². The Hall–Kier alpha value is -1.16. The van der Waals surface area contributed by atoms with E-state index >= 15 is 0 Å². The van der Waals surface area contributed by atoms with Crippen LogP contribution in [0.2, 0.25) is 5.02 Å². The van der Waals surface area contributed by atoms with Gasteiger partial charge in [-0.15, -0.1) is 0 Å². The van der Waals surface area contributed by atoms with Gasteiger partial charge in [-0.1, -0.05) is 17.7 Å². The topological polar surface area (TPSA) is 28.2 Å². The SMILES string of the molecule is CN(Cc1ccc(Cl)c2cccnc12)C1CC2CCC(C1)N2. The van der Waals surface area contributed by atoms with E-state index in [-0.39, 0.29) is 0 Å². The van der Waals surface area contributed by atoms with E-state index in [0.717, 1.165) is 34.6 Å². The highest BCUT2D eigenvalue weighted by atomic mass is 35.5. The van der Waals surface area contributed by atoms with Gasteiger partial charge in [-0.3, -0.25) is 9.88 Å². The summed E-state index contributed by atoms with van der Waals surface area (Å²) >= 11 is 6.30. The van der Waals surface area contributed by atoms with E-state index in [2.05, 4.69) is 34.4 Å². The molecule has 3 nitrogen and oxygen atoms in total. The molecule has 2 aliphatic heterocycles. The van der Waals surface area contributed by atoms with Gasteiger partial charge in [0.05, 0.1) is 5.52 Å². The first-order valence-electron chi connectivity index (χ1n) is 8.19. The van der Waals surface area contributed by atoms with Crippen molar-refractivity contribution in [3.63, 3.8) is 0 Å². The first kappa shape index (κ1) is 14.4. The highest BCUT2D eigenvalue weighted by Crippen LogP contribution is 2.31. The Labute approximate surface area is 136 Å². The number of nitrogens with zero attached hydrogens (tertiary/aromatic N) is 2. The number of piperidine rings is 1. The second-order valence-electron chi connectivity index (χ2n) is 6.78. The van der Waals surface area contributed by atoms with Crippen LogP contribution in [0.25, 0.3) is 10.9 Å².